The van der Waals surface area contributed by atoms with Crippen LogP contribution in [0.2, 0.25) is 0 Å². The third kappa shape index (κ3) is 4.16. The minimum absolute atomic E-state index is 0.182. The van der Waals surface area contributed by atoms with Crippen LogP contribution in [0.25, 0.3) is 0 Å². The fraction of sp³-hybridized carbons (Fsp3) is 0.667. The Morgan fingerprint density at radius 2 is 2.16 bits per heavy atom. The molecule has 0 aliphatic rings. The number of thiophene rings is 1. The molecule has 0 spiro atoms. The summed E-state index contributed by atoms with van der Waals surface area (Å²) in [6.07, 6.45) is 0.696. The van der Waals surface area contributed by atoms with Gasteiger partial charge in [-0.2, -0.15) is 4.31 Å². The molecule has 1 unspecified atom stereocenters. The average molecular weight is 326 g/mol. The van der Waals surface area contributed by atoms with E-state index in [0.29, 0.717) is 29.7 Å². The third-order valence-corrected chi connectivity index (χ3v) is 6.64. The zero-order valence-electron chi connectivity index (χ0n) is 11.4. The molecule has 0 bridgehead atoms. The number of alkyl halides is 1. The SMILES string of the molecule is CCN(C(C)COC)S(=O)(=O)c1ccc(CCCl)s1. The van der Waals surface area contributed by atoms with Crippen molar-refractivity contribution in [3.8, 4) is 0 Å². The highest BCUT2D eigenvalue weighted by Crippen LogP contribution is 2.26. The lowest BCUT2D eigenvalue weighted by molar-refractivity contribution is 0.143. The third-order valence-electron chi connectivity index (χ3n) is 2.75. The van der Waals surface area contributed by atoms with E-state index in [1.807, 2.05) is 19.9 Å². The Morgan fingerprint density at radius 1 is 1.47 bits per heavy atom. The van der Waals surface area contributed by atoms with Crippen LogP contribution in [-0.4, -0.2) is 44.9 Å². The molecule has 4 nitrogen and oxygen atoms in total. The summed E-state index contributed by atoms with van der Waals surface area (Å²) in [7, 11) is -1.87. The summed E-state index contributed by atoms with van der Waals surface area (Å²) >= 11 is 6.96. The first-order chi connectivity index (χ1) is 8.97. The first kappa shape index (κ1) is 16.9. The molecule has 0 radical (unpaired) electrons. The van der Waals surface area contributed by atoms with Gasteiger partial charge in [0.15, 0.2) is 0 Å². The fourth-order valence-corrected chi connectivity index (χ4v) is 5.31. The second kappa shape index (κ2) is 7.59. The van der Waals surface area contributed by atoms with E-state index in [0.717, 1.165) is 4.88 Å². The molecule has 1 atom stereocenters. The smallest absolute Gasteiger partial charge is 0.252 e. The molecule has 0 fully saturated rings. The van der Waals surface area contributed by atoms with Crippen LogP contribution in [0, 0.1) is 0 Å². The Hall–Kier alpha value is -0.140. The molecule has 0 aliphatic heterocycles. The molecule has 0 amide bonds. The van der Waals surface area contributed by atoms with E-state index in [1.54, 1.807) is 13.2 Å². The number of nitrogens with zero attached hydrogens (tertiary/aromatic N) is 1. The van der Waals surface area contributed by atoms with Gasteiger partial charge in [0.25, 0.3) is 10.0 Å². The average Bonchev–Trinajstić information content (AvgIpc) is 2.79. The Labute approximate surface area is 124 Å². The van der Waals surface area contributed by atoms with Gasteiger partial charge in [0.1, 0.15) is 4.21 Å². The maximum absolute atomic E-state index is 12.5. The van der Waals surface area contributed by atoms with Gasteiger partial charge in [0.05, 0.1) is 6.61 Å². The van der Waals surface area contributed by atoms with Gasteiger partial charge in [-0.3, -0.25) is 0 Å². The number of aryl methyl sites for hydroxylation is 1. The lowest BCUT2D eigenvalue weighted by Crippen LogP contribution is -2.40. The van der Waals surface area contributed by atoms with Gasteiger partial charge in [0.2, 0.25) is 0 Å². The molecule has 1 rings (SSSR count). The zero-order chi connectivity index (χ0) is 14.5. The van der Waals surface area contributed by atoms with Crippen LogP contribution in [0.3, 0.4) is 0 Å². The molecule has 1 aromatic rings. The van der Waals surface area contributed by atoms with E-state index in [-0.39, 0.29) is 6.04 Å². The molecule has 19 heavy (non-hydrogen) atoms. The number of sulfonamides is 1. The molecule has 7 heteroatoms. The summed E-state index contributed by atoms with van der Waals surface area (Å²) in [4.78, 5) is 0.990. The number of halogens is 1. The molecule has 0 saturated carbocycles. The van der Waals surface area contributed by atoms with E-state index in [2.05, 4.69) is 0 Å². The summed E-state index contributed by atoms with van der Waals surface area (Å²) in [6, 6.07) is 3.30. The summed E-state index contributed by atoms with van der Waals surface area (Å²) in [5.74, 6) is 0.498. The van der Waals surface area contributed by atoms with Crippen molar-refractivity contribution in [2.75, 3.05) is 26.1 Å². The first-order valence-electron chi connectivity index (χ1n) is 6.12. The highest BCUT2D eigenvalue weighted by Gasteiger charge is 2.28. The van der Waals surface area contributed by atoms with Crippen molar-refractivity contribution < 1.29 is 13.2 Å². The Balaban J connectivity index is 2.99. The van der Waals surface area contributed by atoms with E-state index in [9.17, 15) is 8.42 Å². The van der Waals surface area contributed by atoms with Crippen LogP contribution in [-0.2, 0) is 21.2 Å². The summed E-state index contributed by atoms with van der Waals surface area (Å²) in [6.45, 7) is 4.48. The number of methoxy groups -OCH3 is 1. The van der Waals surface area contributed by atoms with Crippen LogP contribution >= 0.6 is 22.9 Å². The largest absolute Gasteiger partial charge is 0.383 e. The monoisotopic (exact) mass is 325 g/mol. The minimum Gasteiger partial charge on any atom is -0.383 e. The first-order valence-corrected chi connectivity index (χ1v) is 8.91. The van der Waals surface area contributed by atoms with Gasteiger partial charge >= 0.3 is 0 Å². The number of hydrogen-bond acceptors (Lipinski definition) is 4. The van der Waals surface area contributed by atoms with E-state index < -0.39 is 10.0 Å². The number of rotatable bonds is 8. The van der Waals surface area contributed by atoms with E-state index >= 15 is 0 Å². The van der Waals surface area contributed by atoms with Crippen molar-refractivity contribution in [1.29, 1.82) is 0 Å². The number of hydrogen-bond donors (Lipinski definition) is 0. The highest BCUT2D eigenvalue weighted by atomic mass is 35.5. The standard InChI is InChI=1S/C12H20ClNO3S2/c1-4-14(10(2)9-17-3)19(15,16)12-6-5-11(18-12)7-8-13/h5-6,10H,4,7-9H2,1-3H3. The molecule has 0 saturated heterocycles. The number of likely N-dealkylation sites (N-methyl/N-ethyl adjacent to an activating group) is 1. The van der Waals surface area contributed by atoms with Gasteiger partial charge in [0, 0.05) is 30.5 Å². The summed E-state index contributed by atoms with van der Waals surface area (Å²) < 4.78 is 32.0. The van der Waals surface area contributed by atoms with Crippen molar-refractivity contribution in [3.05, 3.63) is 17.0 Å². The Bertz CT molecular complexity index is 487. The van der Waals surface area contributed by atoms with Gasteiger partial charge in [-0.25, -0.2) is 8.42 Å². The van der Waals surface area contributed by atoms with E-state index in [4.69, 9.17) is 16.3 Å². The van der Waals surface area contributed by atoms with Crippen molar-refractivity contribution in [2.45, 2.75) is 30.5 Å². The quantitative estimate of drug-likeness (QED) is 0.690. The van der Waals surface area contributed by atoms with Crippen molar-refractivity contribution in [2.24, 2.45) is 0 Å². The molecule has 110 valence electrons. The topological polar surface area (TPSA) is 46.6 Å². The van der Waals surface area contributed by atoms with Crippen molar-refractivity contribution in [1.82, 2.24) is 4.31 Å². The zero-order valence-corrected chi connectivity index (χ0v) is 13.8. The maximum Gasteiger partial charge on any atom is 0.252 e. The van der Waals surface area contributed by atoms with Gasteiger partial charge in [-0.1, -0.05) is 6.92 Å². The lowest BCUT2D eigenvalue weighted by atomic mass is 10.4. The van der Waals surface area contributed by atoms with Crippen LogP contribution in [0.15, 0.2) is 16.3 Å². The van der Waals surface area contributed by atoms with Gasteiger partial charge in [-0.05, 0) is 25.5 Å². The normalized spacial score (nSPS) is 13.9. The molecular formula is C12H20ClNO3S2. The molecule has 1 aromatic heterocycles. The minimum atomic E-state index is -3.44. The Morgan fingerprint density at radius 3 is 2.68 bits per heavy atom. The van der Waals surface area contributed by atoms with Crippen LogP contribution in [0.5, 0.6) is 0 Å². The van der Waals surface area contributed by atoms with Gasteiger partial charge in [-0.15, -0.1) is 22.9 Å². The predicted octanol–water partition coefficient (Wildman–Crippen LogP) is 2.57. The summed E-state index contributed by atoms with van der Waals surface area (Å²) in [5, 5.41) is 0. The van der Waals surface area contributed by atoms with Crippen LogP contribution in [0.4, 0.5) is 0 Å². The second-order valence-corrected chi connectivity index (χ2v) is 7.84. The molecular weight excluding hydrogens is 306 g/mol. The van der Waals surface area contributed by atoms with E-state index in [1.165, 1.54) is 15.6 Å². The van der Waals surface area contributed by atoms with Gasteiger partial charge < -0.3 is 4.74 Å². The Kier molecular flexibility index (Phi) is 6.76. The molecule has 0 aliphatic carbocycles. The predicted molar refractivity (Wildman–Crippen MR) is 79.6 cm³/mol. The molecule has 1 heterocycles. The summed E-state index contributed by atoms with van der Waals surface area (Å²) in [5.41, 5.74) is 0. The van der Waals surface area contributed by atoms with Crippen LogP contribution < -0.4 is 0 Å². The molecule has 0 N–H and O–H groups in total. The lowest BCUT2D eigenvalue weighted by Gasteiger charge is -2.25. The van der Waals surface area contributed by atoms with Crippen LogP contribution in [0.1, 0.15) is 18.7 Å². The second-order valence-electron chi connectivity index (χ2n) is 4.17. The fourth-order valence-electron chi connectivity index (χ4n) is 1.88. The van der Waals surface area contributed by atoms with Crippen molar-refractivity contribution in [3.63, 3.8) is 0 Å². The molecule has 0 aromatic carbocycles. The van der Waals surface area contributed by atoms with Crippen molar-refractivity contribution >= 4 is 33.0 Å². The highest BCUT2D eigenvalue weighted by molar-refractivity contribution is 7.91. The number of ether oxygens (including phenoxy) is 1. The maximum atomic E-state index is 12.5.